The Morgan fingerprint density at radius 3 is 2.42 bits per heavy atom. The van der Waals surface area contributed by atoms with Crippen LogP contribution in [-0.4, -0.2) is 66.4 Å². The number of hydrogen-bond donors (Lipinski definition) is 3. The molecule has 1 saturated heterocycles. The van der Waals surface area contributed by atoms with Crippen LogP contribution in [0.2, 0.25) is 0 Å². The molecule has 3 aromatic carbocycles. The Morgan fingerprint density at radius 1 is 0.938 bits per heavy atom. The number of hydrogen-bond acceptors (Lipinski definition) is 8. The van der Waals surface area contributed by atoms with E-state index in [2.05, 4.69) is 27.6 Å². The third-order valence-electron chi connectivity index (χ3n) is 8.26. The fourth-order valence-electron chi connectivity index (χ4n) is 5.70. The molecule has 0 radical (unpaired) electrons. The number of esters is 1. The molecule has 252 valence electrons. The van der Waals surface area contributed by atoms with Crippen molar-refractivity contribution in [2.45, 2.75) is 51.4 Å². The second-order valence-corrected chi connectivity index (χ2v) is 11.8. The van der Waals surface area contributed by atoms with Crippen molar-refractivity contribution in [1.82, 2.24) is 20.5 Å². The Morgan fingerprint density at radius 2 is 1.69 bits per heavy atom. The topological polar surface area (TPSA) is 122 Å². The van der Waals surface area contributed by atoms with Gasteiger partial charge < -0.3 is 34.9 Å². The largest absolute Gasteiger partial charge is 0.465 e. The number of carbonyl (C=O) groups is 2. The van der Waals surface area contributed by atoms with E-state index < -0.39 is 18.3 Å². The van der Waals surface area contributed by atoms with Crippen LogP contribution in [0.15, 0.2) is 97.2 Å². The first-order chi connectivity index (χ1) is 23.4. The zero-order valence-electron chi connectivity index (χ0n) is 27.5. The summed E-state index contributed by atoms with van der Waals surface area (Å²) in [5.41, 5.74) is 6.77. The molecule has 0 aliphatic carbocycles. The van der Waals surface area contributed by atoms with E-state index in [1.807, 2.05) is 97.2 Å². The maximum absolute atomic E-state index is 12.3. The number of urea groups is 1. The molecule has 0 saturated carbocycles. The first kappa shape index (κ1) is 34.7. The van der Waals surface area contributed by atoms with E-state index in [1.165, 1.54) is 0 Å². The van der Waals surface area contributed by atoms with E-state index >= 15 is 0 Å². The minimum atomic E-state index is -0.565. The van der Waals surface area contributed by atoms with Gasteiger partial charge in [-0.3, -0.25) is 9.78 Å². The van der Waals surface area contributed by atoms with Crippen LogP contribution in [0.25, 0.3) is 11.1 Å². The quantitative estimate of drug-likeness (QED) is 0.157. The van der Waals surface area contributed by atoms with Crippen molar-refractivity contribution in [2.75, 3.05) is 33.3 Å². The summed E-state index contributed by atoms with van der Waals surface area (Å²) in [6.07, 6.45) is 2.57. The SMILES string of the molecule is CCOC(=O)CNC(=O)NCc1ccccc1-c1ccc([C@@H]2O[C@H](CN(C)CCc3ccccn3)C[C@H](c3ccc(CO)cc3)O2)cc1. The summed E-state index contributed by atoms with van der Waals surface area (Å²) < 4.78 is 18.0. The average molecular weight is 653 g/mol. The van der Waals surface area contributed by atoms with Gasteiger partial charge in [-0.15, -0.1) is 0 Å². The van der Waals surface area contributed by atoms with Crippen molar-refractivity contribution in [2.24, 2.45) is 0 Å². The van der Waals surface area contributed by atoms with Crippen molar-refractivity contribution in [3.8, 4) is 11.1 Å². The highest BCUT2D eigenvalue weighted by atomic mass is 16.7. The number of ether oxygens (including phenoxy) is 3. The van der Waals surface area contributed by atoms with E-state index in [0.29, 0.717) is 6.42 Å². The summed E-state index contributed by atoms with van der Waals surface area (Å²) in [6.45, 7) is 3.67. The zero-order valence-corrected chi connectivity index (χ0v) is 27.5. The van der Waals surface area contributed by atoms with Crippen LogP contribution in [0.5, 0.6) is 0 Å². The molecule has 2 heterocycles. The fourth-order valence-corrected chi connectivity index (χ4v) is 5.70. The molecule has 10 nitrogen and oxygen atoms in total. The van der Waals surface area contributed by atoms with Crippen LogP contribution in [0, 0.1) is 0 Å². The van der Waals surface area contributed by atoms with Crippen molar-refractivity contribution < 1.29 is 28.9 Å². The maximum Gasteiger partial charge on any atom is 0.325 e. The molecule has 0 spiro atoms. The maximum atomic E-state index is 12.3. The number of aliphatic hydroxyl groups excluding tert-OH is 1. The molecule has 0 unspecified atom stereocenters. The van der Waals surface area contributed by atoms with Crippen LogP contribution in [0.4, 0.5) is 4.79 Å². The number of nitrogens with one attached hydrogen (secondary N) is 2. The van der Waals surface area contributed by atoms with Crippen molar-refractivity contribution in [3.63, 3.8) is 0 Å². The Bertz CT molecular complexity index is 1600. The summed E-state index contributed by atoms with van der Waals surface area (Å²) in [6, 6.07) is 29.4. The van der Waals surface area contributed by atoms with Gasteiger partial charge in [0.05, 0.1) is 25.4 Å². The molecule has 1 aromatic heterocycles. The molecular formula is C38H44N4O6. The fraction of sp³-hybridized carbons (Fsp3) is 0.342. The lowest BCUT2D eigenvalue weighted by molar-refractivity contribution is -0.252. The molecule has 4 aromatic rings. The minimum absolute atomic E-state index is 0.00451. The Kier molecular flexibility index (Phi) is 12.7. The van der Waals surface area contributed by atoms with Crippen molar-refractivity contribution in [1.29, 1.82) is 0 Å². The number of aliphatic hydroxyl groups is 1. The number of pyridine rings is 1. The molecule has 5 rings (SSSR count). The highest BCUT2D eigenvalue weighted by Crippen LogP contribution is 2.38. The first-order valence-electron chi connectivity index (χ1n) is 16.4. The molecule has 10 heteroatoms. The van der Waals surface area contributed by atoms with Gasteiger partial charge in [0.15, 0.2) is 6.29 Å². The van der Waals surface area contributed by atoms with Crippen molar-refractivity contribution in [3.05, 3.63) is 125 Å². The molecular weight excluding hydrogens is 608 g/mol. The van der Waals surface area contributed by atoms with E-state index in [1.54, 1.807) is 6.92 Å². The normalized spacial score (nSPS) is 17.5. The third-order valence-corrected chi connectivity index (χ3v) is 8.26. The summed E-state index contributed by atoms with van der Waals surface area (Å²) in [7, 11) is 2.10. The summed E-state index contributed by atoms with van der Waals surface area (Å²) in [5, 5.41) is 14.9. The van der Waals surface area contributed by atoms with E-state index in [4.69, 9.17) is 14.2 Å². The van der Waals surface area contributed by atoms with E-state index in [-0.39, 0.29) is 38.5 Å². The minimum Gasteiger partial charge on any atom is -0.465 e. The molecule has 1 aliphatic rings. The van der Waals surface area contributed by atoms with Gasteiger partial charge in [-0.25, -0.2) is 4.79 Å². The van der Waals surface area contributed by atoms with E-state index in [9.17, 15) is 14.7 Å². The number of nitrogens with zero attached hydrogens (tertiary/aromatic N) is 2. The van der Waals surface area contributed by atoms with Gasteiger partial charge in [0.2, 0.25) is 0 Å². The molecule has 48 heavy (non-hydrogen) atoms. The predicted molar refractivity (Wildman–Crippen MR) is 183 cm³/mol. The molecule has 0 bridgehead atoms. The second kappa shape index (κ2) is 17.5. The van der Waals surface area contributed by atoms with Gasteiger partial charge in [-0.2, -0.15) is 0 Å². The van der Waals surface area contributed by atoms with Crippen molar-refractivity contribution >= 4 is 12.0 Å². The molecule has 3 atom stereocenters. The van der Waals surface area contributed by atoms with Gasteiger partial charge in [0.25, 0.3) is 0 Å². The number of rotatable bonds is 14. The lowest BCUT2D eigenvalue weighted by Gasteiger charge is -2.38. The number of amides is 2. The Balaban J connectivity index is 1.27. The summed E-state index contributed by atoms with van der Waals surface area (Å²) >= 11 is 0. The highest BCUT2D eigenvalue weighted by Gasteiger charge is 2.32. The van der Waals surface area contributed by atoms with Crippen LogP contribution in [-0.2, 0) is 38.6 Å². The lowest BCUT2D eigenvalue weighted by atomic mass is 9.97. The number of aromatic nitrogens is 1. The van der Waals surface area contributed by atoms with Gasteiger partial charge in [-0.1, -0.05) is 78.9 Å². The first-order valence-corrected chi connectivity index (χ1v) is 16.4. The van der Waals surface area contributed by atoms with Gasteiger partial charge in [0, 0.05) is 49.9 Å². The Hall–Kier alpha value is -4.61. The molecule has 1 aliphatic heterocycles. The van der Waals surface area contributed by atoms with Gasteiger partial charge >= 0.3 is 12.0 Å². The average Bonchev–Trinajstić information content (AvgIpc) is 3.13. The van der Waals surface area contributed by atoms with Crippen LogP contribution < -0.4 is 10.6 Å². The molecule has 2 amide bonds. The monoisotopic (exact) mass is 652 g/mol. The molecule has 1 fully saturated rings. The van der Waals surface area contributed by atoms with E-state index in [0.717, 1.165) is 58.6 Å². The lowest BCUT2D eigenvalue weighted by Crippen LogP contribution is -2.38. The van der Waals surface area contributed by atoms with Gasteiger partial charge in [-0.05, 0) is 53.9 Å². The third kappa shape index (κ3) is 9.95. The van der Waals surface area contributed by atoms with Crippen LogP contribution in [0.3, 0.4) is 0 Å². The summed E-state index contributed by atoms with van der Waals surface area (Å²) in [4.78, 5) is 30.6. The predicted octanol–water partition coefficient (Wildman–Crippen LogP) is 5.32. The number of likely N-dealkylation sites (N-methyl/N-ethyl adjacent to an activating group) is 1. The number of benzene rings is 3. The summed E-state index contributed by atoms with van der Waals surface area (Å²) in [5.74, 6) is -0.482. The van der Waals surface area contributed by atoms with Crippen LogP contribution in [0.1, 0.15) is 53.7 Å². The standard InChI is InChI=1S/C38H44N4O6/c1-3-46-36(44)24-41-38(45)40-23-31-8-4-5-10-34(31)28-15-17-30(18-16-28)37-47-33(25-42(2)21-19-32-9-6-7-20-39-32)22-35(48-37)29-13-11-27(26-43)12-14-29/h4-18,20,33,35,37,43H,3,19,21-26H2,1-2H3,(H2,40,41,45)/t33-,35+,37+/m0/s1. The Labute approximate surface area is 282 Å². The smallest absolute Gasteiger partial charge is 0.325 e. The van der Waals surface area contributed by atoms with Gasteiger partial charge in [0.1, 0.15) is 6.54 Å². The van der Waals surface area contributed by atoms with Crippen LogP contribution >= 0.6 is 0 Å². The highest BCUT2D eigenvalue weighted by molar-refractivity contribution is 5.81. The zero-order chi connectivity index (χ0) is 33.7. The number of carbonyl (C=O) groups excluding carboxylic acids is 2. The molecule has 3 N–H and O–H groups in total. The second-order valence-electron chi connectivity index (χ2n) is 11.8.